The minimum Gasteiger partial charge on any atom is -0.389 e. The summed E-state index contributed by atoms with van der Waals surface area (Å²) in [5.41, 5.74) is -0.796. The smallest absolute Gasteiger partial charge is 0.228 e. The third kappa shape index (κ3) is 4.18. The van der Waals surface area contributed by atoms with E-state index in [4.69, 9.17) is 0 Å². The molecule has 2 N–H and O–H groups in total. The number of hydrogen-bond donors (Lipinski definition) is 2. The molecule has 1 amide bonds. The van der Waals surface area contributed by atoms with Crippen LogP contribution in [0.3, 0.4) is 0 Å². The van der Waals surface area contributed by atoms with Gasteiger partial charge in [-0.25, -0.2) is 0 Å². The average molecular weight is 297 g/mol. The van der Waals surface area contributed by atoms with Crippen LogP contribution in [0.5, 0.6) is 0 Å². The first-order valence-electron chi connectivity index (χ1n) is 8.31. The predicted octanol–water partition coefficient (Wildman–Crippen LogP) is 0.681. The monoisotopic (exact) mass is 297 g/mol. The van der Waals surface area contributed by atoms with Gasteiger partial charge in [0.05, 0.1) is 11.0 Å². The molecule has 21 heavy (non-hydrogen) atoms. The second kappa shape index (κ2) is 6.63. The Kier molecular flexibility index (Phi) is 5.28. The number of carbonyl (C=O) groups excluding carboxylic acids is 1. The van der Waals surface area contributed by atoms with Crippen LogP contribution in [0.2, 0.25) is 0 Å². The van der Waals surface area contributed by atoms with Crippen molar-refractivity contribution in [3.8, 4) is 0 Å². The molecule has 0 saturated carbocycles. The molecular weight excluding hydrogens is 266 g/mol. The fourth-order valence-electron chi connectivity index (χ4n) is 3.62. The van der Waals surface area contributed by atoms with Gasteiger partial charge in [0, 0.05) is 32.7 Å². The number of nitrogens with zero attached hydrogens (tertiary/aromatic N) is 2. The number of amides is 1. The van der Waals surface area contributed by atoms with E-state index >= 15 is 0 Å². The summed E-state index contributed by atoms with van der Waals surface area (Å²) in [5.74, 6) is 0.356. The minimum absolute atomic E-state index is 0.135. The molecule has 0 bridgehead atoms. The van der Waals surface area contributed by atoms with Gasteiger partial charge in [-0.3, -0.25) is 9.69 Å². The SMILES string of the molecule is CCC1(C(=O)N2CCN(CC(C)(C)O)CC2)CCNCC1. The van der Waals surface area contributed by atoms with E-state index in [-0.39, 0.29) is 5.41 Å². The van der Waals surface area contributed by atoms with Gasteiger partial charge in [0.2, 0.25) is 5.91 Å². The van der Waals surface area contributed by atoms with Crippen molar-refractivity contribution in [3.05, 3.63) is 0 Å². The van der Waals surface area contributed by atoms with Crippen molar-refractivity contribution in [2.45, 2.75) is 45.6 Å². The first-order valence-corrected chi connectivity index (χ1v) is 8.31. The molecule has 2 fully saturated rings. The average Bonchev–Trinajstić information content (AvgIpc) is 2.46. The summed E-state index contributed by atoms with van der Waals surface area (Å²) in [6, 6.07) is 0. The zero-order chi connectivity index (χ0) is 15.5. The van der Waals surface area contributed by atoms with E-state index in [1.807, 2.05) is 13.8 Å². The Morgan fingerprint density at radius 2 is 1.76 bits per heavy atom. The maximum Gasteiger partial charge on any atom is 0.228 e. The van der Waals surface area contributed by atoms with Crippen LogP contribution in [0, 0.1) is 5.41 Å². The van der Waals surface area contributed by atoms with Crippen molar-refractivity contribution in [2.24, 2.45) is 5.41 Å². The highest BCUT2D eigenvalue weighted by atomic mass is 16.3. The van der Waals surface area contributed by atoms with E-state index in [0.29, 0.717) is 12.5 Å². The minimum atomic E-state index is -0.661. The molecule has 2 aliphatic rings. The van der Waals surface area contributed by atoms with E-state index in [1.165, 1.54) is 0 Å². The number of hydrogen-bond acceptors (Lipinski definition) is 4. The Labute approximate surface area is 128 Å². The van der Waals surface area contributed by atoms with Crippen molar-refractivity contribution in [3.63, 3.8) is 0 Å². The maximum absolute atomic E-state index is 12.9. The van der Waals surface area contributed by atoms with Crippen LogP contribution in [-0.2, 0) is 4.79 Å². The first kappa shape index (κ1) is 16.7. The number of carbonyl (C=O) groups is 1. The summed E-state index contributed by atoms with van der Waals surface area (Å²) in [5, 5.41) is 13.3. The Balaban J connectivity index is 1.90. The molecule has 2 heterocycles. The van der Waals surface area contributed by atoms with Crippen LogP contribution in [0.25, 0.3) is 0 Å². The molecule has 2 rings (SSSR count). The zero-order valence-electron chi connectivity index (χ0n) is 13.8. The number of piperazine rings is 1. The van der Waals surface area contributed by atoms with Crippen LogP contribution >= 0.6 is 0 Å². The fraction of sp³-hybridized carbons (Fsp3) is 0.938. The van der Waals surface area contributed by atoms with Crippen LogP contribution in [0.15, 0.2) is 0 Å². The highest BCUT2D eigenvalue weighted by Crippen LogP contribution is 2.35. The lowest BCUT2D eigenvalue weighted by Crippen LogP contribution is -2.56. The molecule has 0 aromatic carbocycles. The molecular formula is C16H31N3O2. The van der Waals surface area contributed by atoms with Crippen molar-refractivity contribution in [1.29, 1.82) is 0 Å². The Morgan fingerprint density at radius 1 is 1.19 bits per heavy atom. The van der Waals surface area contributed by atoms with Crippen LogP contribution < -0.4 is 5.32 Å². The molecule has 2 saturated heterocycles. The molecule has 122 valence electrons. The molecule has 0 aromatic rings. The maximum atomic E-state index is 12.9. The van der Waals surface area contributed by atoms with Crippen LogP contribution in [0.4, 0.5) is 0 Å². The Hall–Kier alpha value is -0.650. The highest BCUT2D eigenvalue weighted by Gasteiger charge is 2.41. The molecule has 0 spiro atoms. The first-order chi connectivity index (χ1) is 9.86. The standard InChI is InChI=1S/C16H31N3O2/c1-4-16(5-7-17-8-6-16)14(20)19-11-9-18(10-12-19)13-15(2,3)21/h17,21H,4-13H2,1-3H3. The van der Waals surface area contributed by atoms with Gasteiger partial charge < -0.3 is 15.3 Å². The molecule has 0 atom stereocenters. The molecule has 0 unspecified atom stereocenters. The molecule has 0 aromatic heterocycles. The van der Waals surface area contributed by atoms with E-state index in [2.05, 4.69) is 22.0 Å². The van der Waals surface area contributed by atoms with Gasteiger partial charge in [-0.1, -0.05) is 6.92 Å². The van der Waals surface area contributed by atoms with Crippen LogP contribution in [-0.4, -0.2) is 72.2 Å². The number of piperidine rings is 1. The predicted molar refractivity (Wildman–Crippen MR) is 84.1 cm³/mol. The quantitative estimate of drug-likeness (QED) is 0.801. The number of nitrogens with one attached hydrogen (secondary N) is 1. The van der Waals surface area contributed by atoms with E-state index in [1.54, 1.807) is 0 Å². The lowest BCUT2D eigenvalue weighted by atomic mass is 9.75. The van der Waals surface area contributed by atoms with Crippen LogP contribution in [0.1, 0.15) is 40.0 Å². The van der Waals surface area contributed by atoms with Crippen molar-refractivity contribution in [2.75, 3.05) is 45.8 Å². The van der Waals surface area contributed by atoms with E-state index < -0.39 is 5.60 Å². The topological polar surface area (TPSA) is 55.8 Å². The molecule has 0 radical (unpaired) electrons. The summed E-state index contributed by atoms with van der Waals surface area (Å²) >= 11 is 0. The van der Waals surface area contributed by atoms with E-state index in [9.17, 15) is 9.90 Å². The van der Waals surface area contributed by atoms with Gasteiger partial charge in [0.1, 0.15) is 0 Å². The molecule has 5 nitrogen and oxygen atoms in total. The lowest BCUT2D eigenvalue weighted by Gasteiger charge is -2.43. The summed E-state index contributed by atoms with van der Waals surface area (Å²) in [6.45, 7) is 11.7. The third-order valence-corrected chi connectivity index (χ3v) is 4.96. The number of β-amino-alcohol motifs (C(OH)–C–C–N with tert-alkyl or cyclic N) is 1. The highest BCUT2D eigenvalue weighted by molar-refractivity contribution is 5.83. The third-order valence-electron chi connectivity index (χ3n) is 4.96. The number of aliphatic hydroxyl groups is 1. The van der Waals surface area contributed by atoms with E-state index in [0.717, 1.165) is 58.5 Å². The zero-order valence-corrected chi connectivity index (χ0v) is 13.8. The number of rotatable bonds is 4. The van der Waals surface area contributed by atoms with Gasteiger partial charge in [-0.15, -0.1) is 0 Å². The second-order valence-electron chi connectivity index (χ2n) is 7.26. The summed E-state index contributed by atoms with van der Waals surface area (Å²) in [7, 11) is 0. The van der Waals surface area contributed by atoms with Gasteiger partial charge in [-0.05, 0) is 46.2 Å². The summed E-state index contributed by atoms with van der Waals surface area (Å²) in [6.07, 6.45) is 2.87. The molecule has 5 heteroatoms. The van der Waals surface area contributed by atoms with Crippen molar-refractivity contribution in [1.82, 2.24) is 15.1 Å². The molecule has 2 aliphatic heterocycles. The summed E-state index contributed by atoms with van der Waals surface area (Å²) in [4.78, 5) is 17.2. The van der Waals surface area contributed by atoms with Gasteiger partial charge in [0.15, 0.2) is 0 Å². The molecule has 0 aliphatic carbocycles. The second-order valence-corrected chi connectivity index (χ2v) is 7.26. The van der Waals surface area contributed by atoms with Gasteiger partial charge in [-0.2, -0.15) is 0 Å². The fourth-order valence-corrected chi connectivity index (χ4v) is 3.62. The van der Waals surface area contributed by atoms with Gasteiger partial charge in [0.25, 0.3) is 0 Å². The van der Waals surface area contributed by atoms with Crippen molar-refractivity contribution >= 4 is 5.91 Å². The van der Waals surface area contributed by atoms with Gasteiger partial charge >= 0.3 is 0 Å². The largest absolute Gasteiger partial charge is 0.389 e. The lowest BCUT2D eigenvalue weighted by molar-refractivity contribution is -0.146. The Bertz CT molecular complexity index is 351. The summed E-state index contributed by atoms with van der Waals surface area (Å²) < 4.78 is 0. The Morgan fingerprint density at radius 3 is 2.24 bits per heavy atom. The normalized spacial score (nSPS) is 24.1. The van der Waals surface area contributed by atoms with Crippen molar-refractivity contribution < 1.29 is 9.90 Å².